The fourth-order valence-electron chi connectivity index (χ4n) is 1.02. The first-order chi connectivity index (χ1) is 7.06. The number of carbonyl (C=O) groups is 1. The van der Waals surface area contributed by atoms with Gasteiger partial charge in [0.1, 0.15) is 11.6 Å². The number of aromatic amines is 1. The van der Waals surface area contributed by atoms with Gasteiger partial charge in [0.05, 0.1) is 6.61 Å². The van der Waals surface area contributed by atoms with Gasteiger partial charge in [-0.05, 0) is 13.8 Å². The van der Waals surface area contributed by atoms with Crippen molar-refractivity contribution in [2.45, 2.75) is 19.8 Å². The van der Waals surface area contributed by atoms with Gasteiger partial charge in [0.25, 0.3) is 5.56 Å². The lowest BCUT2D eigenvalue weighted by Crippen LogP contribution is -2.25. The molecular weight excluding hydrogens is 200 g/mol. The number of carbonyl (C=O) groups excluding carboxylic acids is 1. The lowest BCUT2D eigenvalue weighted by molar-refractivity contribution is -0.144. The minimum atomic E-state index is -0.748. The SMILES string of the molecule is CCOC(=O)C(C)c1nnc(N)[nH]c1=O. The highest BCUT2D eigenvalue weighted by Gasteiger charge is 2.21. The Bertz CT molecular complexity index is 415. The normalized spacial score (nSPS) is 12.1. The van der Waals surface area contributed by atoms with Gasteiger partial charge in [-0.3, -0.25) is 14.6 Å². The van der Waals surface area contributed by atoms with Crippen LogP contribution in [-0.2, 0) is 9.53 Å². The van der Waals surface area contributed by atoms with Gasteiger partial charge in [0.2, 0.25) is 5.95 Å². The minimum Gasteiger partial charge on any atom is -0.465 e. The second-order valence-corrected chi connectivity index (χ2v) is 2.90. The monoisotopic (exact) mass is 212 g/mol. The molecule has 7 nitrogen and oxygen atoms in total. The van der Waals surface area contributed by atoms with Crippen molar-refractivity contribution < 1.29 is 9.53 Å². The molecule has 0 radical (unpaired) electrons. The molecule has 82 valence electrons. The maximum Gasteiger partial charge on any atom is 0.315 e. The van der Waals surface area contributed by atoms with E-state index in [2.05, 4.69) is 15.2 Å². The number of nitrogens with one attached hydrogen (secondary N) is 1. The van der Waals surface area contributed by atoms with Gasteiger partial charge < -0.3 is 10.5 Å². The Morgan fingerprint density at radius 2 is 2.27 bits per heavy atom. The van der Waals surface area contributed by atoms with E-state index in [1.807, 2.05) is 0 Å². The Morgan fingerprint density at radius 1 is 1.60 bits per heavy atom. The Hall–Kier alpha value is -1.92. The van der Waals surface area contributed by atoms with Gasteiger partial charge in [-0.1, -0.05) is 0 Å². The summed E-state index contributed by atoms with van der Waals surface area (Å²) >= 11 is 0. The summed E-state index contributed by atoms with van der Waals surface area (Å²) in [6.07, 6.45) is 0. The predicted octanol–water partition coefficient (Wildman–Crippen LogP) is -0.586. The van der Waals surface area contributed by atoms with Gasteiger partial charge in [0.15, 0.2) is 0 Å². The second-order valence-electron chi connectivity index (χ2n) is 2.90. The molecule has 3 N–H and O–H groups in total. The number of H-pyrrole nitrogens is 1. The van der Waals surface area contributed by atoms with Crippen LogP contribution in [0.25, 0.3) is 0 Å². The van der Waals surface area contributed by atoms with Crippen molar-refractivity contribution in [1.29, 1.82) is 0 Å². The van der Waals surface area contributed by atoms with Crippen LogP contribution in [0.15, 0.2) is 4.79 Å². The third-order valence-electron chi connectivity index (χ3n) is 1.79. The van der Waals surface area contributed by atoms with Gasteiger partial charge in [-0.25, -0.2) is 0 Å². The van der Waals surface area contributed by atoms with Crippen LogP contribution in [0.4, 0.5) is 5.95 Å². The first-order valence-electron chi connectivity index (χ1n) is 4.45. The first-order valence-corrected chi connectivity index (χ1v) is 4.45. The molecule has 0 saturated heterocycles. The molecule has 0 saturated carbocycles. The van der Waals surface area contributed by atoms with Gasteiger partial charge in [-0.2, -0.15) is 0 Å². The van der Waals surface area contributed by atoms with Crippen molar-refractivity contribution >= 4 is 11.9 Å². The van der Waals surface area contributed by atoms with Crippen molar-refractivity contribution in [3.63, 3.8) is 0 Å². The molecule has 1 unspecified atom stereocenters. The van der Waals surface area contributed by atoms with E-state index in [4.69, 9.17) is 10.5 Å². The van der Waals surface area contributed by atoms with E-state index in [-0.39, 0.29) is 18.2 Å². The van der Waals surface area contributed by atoms with Crippen LogP contribution >= 0.6 is 0 Å². The Kier molecular flexibility index (Phi) is 3.37. The highest BCUT2D eigenvalue weighted by atomic mass is 16.5. The molecule has 7 heteroatoms. The van der Waals surface area contributed by atoms with Crippen LogP contribution in [-0.4, -0.2) is 27.8 Å². The van der Waals surface area contributed by atoms with Crippen molar-refractivity contribution in [1.82, 2.24) is 15.2 Å². The molecule has 1 heterocycles. The zero-order chi connectivity index (χ0) is 11.4. The van der Waals surface area contributed by atoms with E-state index >= 15 is 0 Å². The van der Waals surface area contributed by atoms with E-state index in [1.54, 1.807) is 6.92 Å². The third kappa shape index (κ3) is 2.52. The molecular formula is C8H12N4O3. The van der Waals surface area contributed by atoms with Crippen molar-refractivity contribution in [2.24, 2.45) is 0 Å². The number of hydrogen-bond acceptors (Lipinski definition) is 6. The molecule has 0 aliphatic carbocycles. The quantitative estimate of drug-likeness (QED) is 0.648. The topological polar surface area (TPSA) is 111 Å². The standard InChI is InChI=1S/C8H12N4O3/c1-3-15-7(14)4(2)5-6(13)10-8(9)12-11-5/h4H,3H2,1-2H3,(H3,9,10,12,13). The number of hydrogen-bond donors (Lipinski definition) is 2. The fourth-order valence-corrected chi connectivity index (χ4v) is 1.02. The van der Waals surface area contributed by atoms with E-state index in [9.17, 15) is 9.59 Å². The molecule has 15 heavy (non-hydrogen) atoms. The van der Waals surface area contributed by atoms with Crippen LogP contribution < -0.4 is 11.3 Å². The number of anilines is 1. The Morgan fingerprint density at radius 3 is 2.80 bits per heavy atom. The molecule has 0 aliphatic heterocycles. The van der Waals surface area contributed by atoms with E-state index in [0.717, 1.165) is 0 Å². The van der Waals surface area contributed by atoms with Crippen LogP contribution in [0.5, 0.6) is 0 Å². The van der Waals surface area contributed by atoms with Crippen LogP contribution in [0.2, 0.25) is 0 Å². The summed E-state index contributed by atoms with van der Waals surface area (Å²) in [4.78, 5) is 24.9. The molecule has 1 aromatic rings. The molecule has 1 aromatic heterocycles. The van der Waals surface area contributed by atoms with Gasteiger partial charge >= 0.3 is 5.97 Å². The summed E-state index contributed by atoms with van der Waals surface area (Å²) < 4.78 is 4.75. The third-order valence-corrected chi connectivity index (χ3v) is 1.79. The van der Waals surface area contributed by atoms with Gasteiger partial charge in [0, 0.05) is 0 Å². The number of esters is 1. The summed E-state index contributed by atoms with van der Waals surface area (Å²) in [5.74, 6) is -1.34. The number of aromatic nitrogens is 3. The van der Waals surface area contributed by atoms with Gasteiger partial charge in [-0.15, -0.1) is 10.2 Å². The summed E-state index contributed by atoms with van der Waals surface area (Å²) in [7, 11) is 0. The molecule has 0 spiro atoms. The largest absolute Gasteiger partial charge is 0.465 e. The zero-order valence-electron chi connectivity index (χ0n) is 8.48. The second kappa shape index (κ2) is 4.54. The molecule has 1 rings (SSSR count). The smallest absolute Gasteiger partial charge is 0.315 e. The van der Waals surface area contributed by atoms with E-state index in [1.165, 1.54) is 6.92 Å². The Balaban J connectivity index is 2.96. The average molecular weight is 212 g/mol. The highest BCUT2D eigenvalue weighted by molar-refractivity contribution is 5.76. The first kappa shape index (κ1) is 11.2. The molecule has 0 bridgehead atoms. The maximum atomic E-state index is 11.3. The highest BCUT2D eigenvalue weighted by Crippen LogP contribution is 2.09. The molecule has 1 atom stereocenters. The zero-order valence-corrected chi connectivity index (χ0v) is 8.48. The van der Waals surface area contributed by atoms with E-state index < -0.39 is 17.4 Å². The minimum absolute atomic E-state index is 0.00245. The molecule has 0 aliphatic rings. The van der Waals surface area contributed by atoms with Crippen molar-refractivity contribution in [3.05, 3.63) is 16.0 Å². The Labute approximate surface area is 85.7 Å². The maximum absolute atomic E-state index is 11.3. The molecule has 0 amide bonds. The van der Waals surface area contributed by atoms with E-state index in [0.29, 0.717) is 0 Å². The van der Waals surface area contributed by atoms with Crippen molar-refractivity contribution in [2.75, 3.05) is 12.3 Å². The van der Waals surface area contributed by atoms with Crippen LogP contribution in [0.3, 0.4) is 0 Å². The molecule has 0 fully saturated rings. The molecule has 0 aromatic carbocycles. The van der Waals surface area contributed by atoms with Crippen LogP contribution in [0.1, 0.15) is 25.5 Å². The lowest BCUT2D eigenvalue weighted by atomic mass is 10.1. The lowest BCUT2D eigenvalue weighted by Gasteiger charge is -2.07. The number of nitrogen functional groups attached to an aromatic ring is 1. The fraction of sp³-hybridized carbons (Fsp3) is 0.500. The number of nitrogens with two attached hydrogens (primary N) is 1. The van der Waals surface area contributed by atoms with Crippen LogP contribution in [0, 0.1) is 0 Å². The predicted molar refractivity (Wildman–Crippen MR) is 52.1 cm³/mol. The summed E-state index contributed by atoms with van der Waals surface area (Å²) in [6.45, 7) is 3.46. The summed E-state index contributed by atoms with van der Waals surface area (Å²) in [6, 6.07) is 0. The number of ether oxygens (including phenoxy) is 1. The van der Waals surface area contributed by atoms with Crippen molar-refractivity contribution in [3.8, 4) is 0 Å². The summed E-state index contributed by atoms with van der Waals surface area (Å²) in [5, 5.41) is 7.03. The number of nitrogens with zero attached hydrogens (tertiary/aromatic N) is 2. The average Bonchev–Trinajstić information content (AvgIpc) is 2.17. The summed E-state index contributed by atoms with van der Waals surface area (Å²) in [5.41, 5.74) is 4.69. The number of rotatable bonds is 3.